The number of anilines is 1. The molecule has 0 fully saturated rings. The molecule has 2 aromatic carbocycles. The highest BCUT2D eigenvalue weighted by molar-refractivity contribution is 6.08. The fourth-order valence-electron chi connectivity index (χ4n) is 2.48. The summed E-state index contributed by atoms with van der Waals surface area (Å²) in [5, 5.41) is 22.1. The summed E-state index contributed by atoms with van der Waals surface area (Å²) < 4.78 is 5.68. The van der Waals surface area contributed by atoms with E-state index in [4.69, 9.17) is 4.74 Å². The normalized spacial score (nSPS) is 10.4. The number of rotatable bonds is 9. The molecule has 0 radical (unpaired) electrons. The molecule has 0 saturated heterocycles. The van der Waals surface area contributed by atoms with Crippen molar-refractivity contribution in [3.05, 3.63) is 48.0 Å². The van der Waals surface area contributed by atoms with Crippen molar-refractivity contribution >= 4 is 11.6 Å². The van der Waals surface area contributed by atoms with E-state index in [0.29, 0.717) is 12.3 Å². The van der Waals surface area contributed by atoms with E-state index in [1.807, 2.05) is 0 Å². The highest BCUT2D eigenvalue weighted by Gasteiger charge is 2.16. The van der Waals surface area contributed by atoms with Crippen molar-refractivity contribution in [1.82, 2.24) is 0 Å². The second-order valence-corrected chi connectivity index (χ2v) is 5.91. The van der Waals surface area contributed by atoms with E-state index in [0.717, 1.165) is 12.2 Å². The Labute approximate surface area is 148 Å². The van der Waals surface area contributed by atoms with Gasteiger partial charge in [-0.1, -0.05) is 38.7 Å². The van der Waals surface area contributed by atoms with Crippen LogP contribution in [0.4, 0.5) is 5.69 Å². The molecule has 0 aromatic heterocycles. The van der Waals surface area contributed by atoms with Gasteiger partial charge in [-0.15, -0.1) is 0 Å². The van der Waals surface area contributed by atoms with Crippen LogP contribution >= 0.6 is 0 Å². The van der Waals surface area contributed by atoms with Gasteiger partial charge in [0, 0.05) is 5.69 Å². The number of hydrogen-bond donors (Lipinski definition) is 3. The number of phenols is 2. The van der Waals surface area contributed by atoms with Crippen molar-refractivity contribution in [2.24, 2.45) is 0 Å². The first-order valence-corrected chi connectivity index (χ1v) is 8.67. The first-order valence-electron chi connectivity index (χ1n) is 8.67. The van der Waals surface area contributed by atoms with Crippen molar-refractivity contribution in [3.63, 3.8) is 0 Å². The van der Waals surface area contributed by atoms with Gasteiger partial charge in [0.25, 0.3) is 5.91 Å². The van der Waals surface area contributed by atoms with E-state index in [2.05, 4.69) is 12.2 Å². The quantitative estimate of drug-likeness (QED) is 0.577. The Morgan fingerprint density at radius 1 is 0.960 bits per heavy atom. The van der Waals surface area contributed by atoms with Crippen LogP contribution < -0.4 is 10.1 Å². The van der Waals surface area contributed by atoms with Gasteiger partial charge in [-0.3, -0.25) is 4.79 Å². The Kier molecular flexibility index (Phi) is 7.14. The Hall–Kier alpha value is -2.69. The first-order chi connectivity index (χ1) is 12.1. The SMILES string of the molecule is CCCCCCCOc1ccc(NC(=O)c2c(O)cccc2O)cc1. The van der Waals surface area contributed by atoms with Crippen LogP contribution in [-0.2, 0) is 0 Å². The fourth-order valence-corrected chi connectivity index (χ4v) is 2.48. The van der Waals surface area contributed by atoms with E-state index in [-0.39, 0.29) is 17.1 Å². The van der Waals surface area contributed by atoms with E-state index >= 15 is 0 Å². The molecule has 0 aliphatic heterocycles. The molecule has 0 unspecified atom stereocenters. The molecule has 5 heteroatoms. The summed E-state index contributed by atoms with van der Waals surface area (Å²) in [6.07, 6.45) is 5.94. The number of carbonyl (C=O) groups is 1. The molecule has 3 N–H and O–H groups in total. The summed E-state index contributed by atoms with van der Waals surface area (Å²) in [4.78, 5) is 12.2. The zero-order chi connectivity index (χ0) is 18.1. The smallest absolute Gasteiger partial charge is 0.263 e. The molecule has 0 aliphatic rings. The van der Waals surface area contributed by atoms with E-state index in [1.165, 1.54) is 43.9 Å². The first kappa shape index (κ1) is 18.6. The molecule has 5 nitrogen and oxygen atoms in total. The predicted molar refractivity (Wildman–Crippen MR) is 98.4 cm³/mol. The summed E-state index contributed by atoms with van der Waals surface area (Å²) in [6, 6.07) is 11.2. The average Bonchev–Trinajstić information content (AvgIpc) is 2.59. The van der Waals surface area contributed by atoms with Crippen LogP contribution in [0.3, 0.4) is 0 Å². The lowest BCUT2D eigenvalue weighted by Crippen LogP contribution is -2.12. The Morgan fingerprint density at radius 2 is 1.60 bits per heavy atom. The molecule has 0 spiro atoms. The number of amides is 1. The van der Waals surface area contributed by atoms with Crippen molar-refractivity contribution < 1.29 is 19.7 Å². The Bertz CT molecular complexity index is 662. The monoisotopic (exact) mass is 343 g/mol. The second kappa shape index (κ2) is 9.57. The van der Waals surface area contributed by atoms with Crippen LogP contribution in [0.15, 0.2) is 42.5 Å². The summed E-state index contributed by atoms with van der Waals surface area (Å²) in [7, 11) is 0. The van der Waals surface area contributed by atoms with Crippen molar-refractivity contribution in [1.29, 1.82) is 0 Å². The van der Waals surface area contributed by atoms with Gasteiger partial charge >= 0.3 is 0 Å². The molecule has 2 rings (SSSR count). The lowest BCUT2D eigenvalue weighted by atomic mass is 10.1. The van der Waals surface area contributed by atoms with Crippen LogP contribution in [-0.4, -0.2) is 22.7 Å². The number of ether oxygens (including phenoxy) is 1. The number of phenolic OH excluding ortho intramolecular Hbond substituents is 2. The zero-order valence-electron chi connectivity index (χ0n) is 14.5. The van der Waals surface area contributed by atoms with Gasteiger partial charge in [-0.05, 0) is 42.8 Å². The summed E-state index contributed by atoms with van der Waals surface area (Å²) in [6.45, 7) is 2.87. The maximum absolute atomic E-state index is 12.2. The lowest BCUT2D eigenvalue weighted by Gasteiger charge is -2.10. The number of nitrogens with one attached hydrogen (secondary N) is 1. The van der Waals surface area contributed by atoms with Gasteiger partial charge in [-0.25, -0.2) is 0 Å². The maximum atomic E-state index is 12.2. The minimum Gasteiger partial charge on any atom is -0.507 e. The topological polar surface area (TPSA) is 78.8 Å². The van der Waals surface area contributed by atoms with E-state index < -0.39 is 5.91 Å². The van der Waals surface area contributed by atoms with Gasteiger partial charge in [0.05, 0.1) is 6.61 Å². The second-order valence-electron chi connectivity index (χ2n) is 5.91. The number of hydrogen-bond acceptors (Lipinski definition) is 4. The molecule has 2 aromatic rings. The van der Waals surface area contributed by atoms with E-state index in [9.17, 15) is 15.0 Å². The molecule has 0 atom stereocenters. The maximum Gasteiger partial charge on any atom is 0.263 e. The highest BCUT2D eigenvalue weighted by atomic mass is 16.5. The van der Waals surface area contributed by atoms with Crippen LogP contribution in [0.1, 0.15) is 49.4 Å². The summed E-state index contributed by atoms with van der Waals surface area (Å²) in [5.74, 6) is -0.347. The lowest BCUT2D eigenvalue weighted by molar-refractivity contribution is 0.102. The summed E-state index contributed by atoms with van der Waals surface area (Å²) >= 11 is 0. The molecule has 0 saturated carbocycles. The molecule has 0 heterocycles. The van der Waals surface area contributed by atoms with Gasteiger partial charge in [0.2, 0.25) is 0 Å². The van der Waals surface area contributed by atoms with Gasteiger partial charge in [-0.2, -0.15) is 0 Å². The molecular weight excluding hydrogens is 318 g/mol. The molecular formula is C20H25NO4. The Morgan fingerprint density at radius 3 is 2.24 bits per heavy atom. The molecule has 25 heavy (non-hydrogen) atoms. The predicted octanol–water partition coefficient (Wildman–Crippen LogP) is 4.70. The minimum atomic E-state index is -0.569. The van der Waals surface area contributed by atoms with Crippen LogP contribution in [0.25, 0.3) is 0 Å². The van der Waals surface area contributed by atoms with Crippen molar-refractivity contribution in [2.75, 3.05) is 11.9 Å². The number of benzene rings is 2. The van der Waals surface area contributed by atoms with Gasteiger partial charge in [0.1, 0.15) is 22.8 Å². The van der Waals surface area contributed by atoms with Crippen LogP contribution in [0, 0.1) is 0 Å². The number of carbonyl (C=O) groups excluding carboxylic acids is 1. The zero-order valence-corrected chi connectivity index (χ0v) is 14.5. The molecule has 134 valence electrons. The third kappa shape index (κ3) is 5.71. The third-order valence-corrected chi connectivity index (χ3v) is 3.88. The Balaban J connectivity index is 1.85. The molecule has 1 amide bonds. The van der Waals surface area contributed by atoms with Crippen LogP contribution in [0.2, 0.25) is 0 Å². The molecule has 0 bridgehead atoms. The van der Waals surface area contributed by atoms with Crippen molar-refractivity contribution in [3.8, 4) is 17.2 Å². The minimum absolute atomic E-state index is 0.144. The van der Waals surface area contributed by atoms with Crippen LogP contribution in [0.5, 0.6) is 17.2 Å². The van der Waals surface area contributed by atoms with Crippen molar-refractivity contribution in [2.45, 2.75) is 39.0 Å². The van der Waals surface area contributed by atoms with E-state index in [1.54, 1.807) is 24.3 Å². The standard InChI is InChI=1S/C20H25NO4/c1-2-3-4-5-6-14-25-16-12-10-15(11-13-16)21-20(24)19-17(22)8-7-9-18(19)23/h7-13,22-23H,2-6,14H2,1H3,(H,21,24). The summed E-state index contributed by atoms with van der Waals surface area (Å²) in [5.41, 5.74) is 0.415. The fraction of sp³-hybridized carbons (Fsp3) is 0.350. The molecule has 0 aliphatic carbocycles. The number of unbranched alkanes of at least 4 members (excludes halogenated alkanes) is 4. The highest BCUT2D eigenvalue weighted by Crippen LogP contribution is 2.27. The third-order valence-electron chi connectivity index (χ3n) is 3.88. The number of aromatic hydroxyl groups is 2. The largest absolute Gasteiger partial charge is 0.507 e. The van der Waals surface area contributed by atoms with Gasteiger partial charge in [0.15, 0.2) is 0 Å². The average molecular weight is 343 g/mol. The van der Waals surface area contributed by atoms with Gasteiger partial charge < -0.3 is 20.3 Å².